The molecule has 0 amide bonds. The quantitative estimate of drug-likeness (QED) is 0.454. The van der Waals surface area contributed by atoms with Crippen molar-refractivity contribution >= 4 is 0 Å². The molecule has 0 aliphatic carbocycles. The topological polar surface area (TPSA) is 18.5 Å². The molecule has 1 unspecified atom stereocenters. The molecule has 0 heterocycles. The molecule has 2 heteroatoms. The Morgan fingerprint density at radius 1 is 0.792 bits per heavy atom. The maximum atomic E-state index is 5.93. The van der Waals surface area contributed by atoms with Crippen LogP contribution in [0.3, 0.4) is 0 Å². The lowest BCUT2D eigenvalue weighted by molar-refractivity contribution is 0.256. The van der Waals surface area contributed by atoms with Gasteiger partial charge in [-0.05, 0) is 30.0 Å². The molecule has 0 N–H and O–H groups in total. The molecule has 0 saturated heterocycles. The Labute approximate surface area is 146 Å². The lowest BCUT2D eigenvalue weighted by atomic mass is 10.0. The second kappa shape index (κ2) is 10.7. The first-order chi connectivity index (χ1) is 11.8. The number of para-hydroxylation sites is 2. The van der Waals surface area contributed by atoms with E-state index in [0.717, 1.165) is 36.0 Å². The van der Waals surface area contributed by atoms with Gasteiger partial charge in [0, 0.05) is 0 Å². The van der Waals surface area contributed by atoms with Crippen LogP contribution in [0, 0.1) is 5.92 Å². The molecule has 0 aromatic heterocycles. The van der Waals surface area contributed by atoms with Crippen LogP contribution in [0.4, 0.5) is 0 Å². The van der Waals surface area contributed by atoms with Gasteiger partial charge in [-0.3, -0.25) is 0 Å². The summed E-state index contributed by atoms with van der Waals surface area (Å²) >= 11 is 0. The van der Waals surface area contributed by atoms with Crippen LogP contribution in [0.2, 0.25) is 0 Å². The van der Waals surface area contributed by atoms with E-state index in [0.29, 0.717) is 6.61 Å². The van der Waals surface area contributed by atoms with Crippen molar-refractivity contribution in [3.8, 4) is 11.5 Å². The highest BCUT2D eigenvalue weighted by Crippen LogP contribution is 2.27. The first-order valence-corrected chi connectivity index (χ1v) is 9.18. The van der Waals surface area contributed by atoms with E-state index >= 15 is 0 Å². The minimum Gasteiger partial charge on any atom is -0.490 e. The standard InChI is InChI=1S/C22H30O2/c1-3-19(2)12-6-5-11-17-23-21-15-9-10-16-22(21)24-18-20-13-7-4-8-14-20/h4,7-10,13-16,19H,3,5-6,11-12,17-18H2,1-2H3. The van der Waals surface area contributed by atoms with Crippen molar-refractivity contribution in [1.29, 1.82) is 0 Å². The lowest BCUT2D eigenvalue weighted by Gasteiger charge is -2.13. The molecule has 0 bridgehead atoms. The third-order valence-corrected chi connectivity index (χ3v) is 4.38. The molecule has 24 heavy (non-hydrogen) atoms. The van der Waals surface area contributed by atoms with Gasteiger partial charge in [-0.2, -0.15) is 0 Å². The van der Waals surface area contributed by atoms with E-state index in [-0.39, 0.29) is 0 Å². The fraction of sp³-hybridized carbons (Fsp3) is 0.455. The van der Waals surface area contributed by atoms with Crippen LogP contribution in [0.15, 0.2) is 54.6 Å². The molecule has 2 aromatic carbocycles. The second-order valence-corrected chi connectivity index (χ2v) is 6.43. The molecule has 2 nitrogen and oxygen atoms in total. The zero-order valence-corrected chi connectivity index (χ0v) is 15.0. The third-order valence-electron chi connectivity index (χ3n) is 4.38. The minimum absolute atomic E-state index is 0.566. The Hall–Kier alpha value is -1.96. The molecule has 2 rings (SSSR count). The maximum absolute atomic E-state index is 5.93. The summed E-state index contributed by atoms with van der Waals surface area (Å²) in [6, 6.07) is 18.2. The summed E-state index contributed by atoms with van der Waals surface area (Å²) in [5.74, 6) is 2.51. The Bertz CT molecular complexity index is 565. The van der Waals surface area contributed by atoms with E-state index < -0.39 is 0 Å². The van der Waals surface area contributed by atoms with Crippen LogP contribution in [0.1, 0.15) is 51.5 Å². The number of hydrogen-bond donors (Lipinski definition) is 0. The van der Waals surface area contributed by atoms with Crippen molar-refractivity contribution in [1.82, 2.24) is 0 Å². The summed E-state index contributed by atoms with van der Waals surface area (Å²) in [5.41, 5.74) is 1.16. The van der Waals surface area contributed by atoms with E-state index in [2.05, 4.69) is 26.0 Å². The number of unbranched alkanes of at least 4 members (excludes halogenated alkanes) is 2. The largest absolute Gasteiger partial charge is 0.490 e. The molecule has 0 aliphatic heterocycles. The Balaban J connectivity index is 1.73. The molecule has 0 spiro atoms. The fourth-order valence-electron chi connectivity index (χ4n) is 2.58. The molecule has 0 fully saturated rings. The molecular weight excluding hydrogens is 296 g/mol. The smallest absolute Gasteiger partial charge is 0.161 e. The normalized spacial score (nSPS) is 11.9. The summed E-state index contributed by atoms with van der Waals surface area (Å²) in [5, 5.41) is 0. The number of benzene rings is 2. The van der Waals surface area contributed by atoms with Crippen LogP contribution in [0.5, 0.6) is 11.5 Å². The van der Waals surface area contributed by atoms with E-state index in [9.17, 15) is 0 Å². The summed E-state index contributed by atoms with van der Waals surface area (Å²) in [7, 11) is 0. The summed E-state index contributed by atoms with van der Waals surface area (Å²) in [6.07, 6.45) is 6.24. The Morgan fingerprint density at radius 2 is 1.46 bits per heavy atom. The van der Waals surface area contributed by atoms with E-state index in [4.69, 9.17) is 9.47 Å². The first-order valence-electron chi connectivity index (χ1n) is 9.18. The summed E-state index contributed by atoms with van der Waals surface area (Å²) in [4.78, 5) is 0. The van der Waals surface area contributed by atoms with Gasteiger partial charge < -0.3 is 9.47 Å². The molecular formula is C22H30O2. The molecule has 0 radical (unpaired) electrons. The molecule has 130 valence electrons. The molecule has 0 aliphatic rings. The minimum atomic E-state index is 0.566. The highest BCUT2D eigenvalue weighted by Gasteiger charge is 2.05. The molecule has 0 saturated carbocycles. The highest BCUT2D eigenvalue weighted by molar-refractivity contribution is 5.39. The van der Waals surface area contributed by atoms with Crippen LogP contribution in [0.25, 0.3) is 0 Å². The van der Waals surface area contributed by atoms with Gasteiger partial charge in [0.1, 0.15) is 6.61 Å². The van der Waals surface area contributed by atoms with Gasteiger partial charge in [-0.15, -0.1) is 0 Å². The van der Waals surface area contributed by atoms with Gasteiger partial charge in [0.25, 0.3) is 0 Å². The van der Waals surface area contributed by atoms with Crippen molar-refractivity contribution in [3.63, 3.8) is 0 Å². The predicted molar refractivity (Wildman–Crippen MR) is 101 cm³/mol. The average molecular weight is 326 g/mol. The van der Waals surface area contributed by atoms with E-state index in [1.807, 2.05) is 42.5 Å². The van der Waals surface area contributed by atoms with Crippen molar-refractivity contribution in [2.24, 2.45) is 5.92 Å². The number of hydrogen-bond acceptors (Lipinski definition) is 2. The summed E-state index contributed by atoms with van der Waals surface area (Å²) in [6.45, 7) is 5.92. The third kappa shape index (κ3) is 6.66. The van der Waals surface area contributed by atoms with Crippen LogP contribution in [-0.2, 0) is 6.61 Å². The van der Waals surface area contributed by atoms with Crippen molar-refractivity contribution in [2.45, 2.75) is 52.6 Å². The fourth-order valence-corrected chi connectivity index (χ4v) is 2.58. The Kier molecular flexibility index (Phi) is 8.23. The zero-order chi connectivity index (χ0) is 17.0. The van der Waals surface area contributed by atoms with Gasteiger partial charge in [-0.1, -0.05) is 82.0 Å². The van der Waals surface area contributed by atoms with Gasteiger partial charge >= 0.3 is 0 Å². The monoisotopic (exact) mass is 326 g/mol. The zero-order valence-electron chi connectivity index (χ0n) is 15.0. The first kappa shape index (κ1) is 18.4. The van der Waals surface area contributed by atoms with Crippen LogP contribution < -0.4 is 9.47 Å². The van der Waals surface area contributed by atoms with Gasteiger partial charge in [-0.25, -0.2) is 0 Å². The van der Waals surface area contributed by atoms with Gasteiger partial charge in [0.05, 0.1) is 6.61 Å². The van der Waals surface area contributed by atoms with Crippen molar-refractivity contribution in [3.05, 3.63) is 60.2 Å². The van der Waals surface area contributed by atoms with Crippen LogP contribution >= 0.6 is 0 Å². The second-order valence-electron chi connectivity index (χ2n) is 6.43. The predicted octanol–water partition coefficient (Wildman–Crippen LogP) is 6.25. The average Bonchev–Trinajstić information content (AvgIpc) is 2.64. The highest BCUT2D eigenvalue weighted by atomic mass is 16.5. The van der Waals surface area contributed by atoms with Crippen LogP contribution in [-0.4, -0.2) is 6.61 Å². The van der Waals surface area contributed by atoms with E-state index in [1.54, 1.807) is 0 Å². The lowest BCUT2D eigenvalue weighted by Crippen LogP contribution is -2.02. The maximum Gasteiger partial charge on any atom is 0.161 e. The van der Waals surface area contributed by atoms with Crippen molar-refractivity contribution in [2.75, 3.05) is 6.61 Å². The summed E-state index contributed by atoms with van der Waals surface area (Å²) < 4.78 is 11.9. The number of rotatable bonds is 11. The number of ether oxygens (including phenoxy) is 2. The molecule has 1 atom stereocenters. The van der Waals surface area contributed by atoms with Gasteiger partial charge in [0.15, 0.2) is 11.5 Å². The van der Waals surface area contributed by atoms with E-state index in [1.165, 1.54) is 25.7 Å². The van der Waals surface area contributed by atoms with Crippen molar-refractivity contribution < 1.29 is 9.47 Å². The SMILES string of the molecule is CCC(C)CCCCCOc1ccccc1OCc1ccccc1. The van der Waals surface area contributed by atoms with Gasteiger partial charge in [0.2, 0.25) is 0 Å². The molecule has 2 aromatic rings. The Morgan fingerprint density at radius 3 is 2.17 bits per heavy atom.